The second-order valence-electron chi connectivity index (χ2n) is 8.37. The Morgan fingerprint density at radius 1 is 0.794 bits per heavy atom. The van der Waals surface area contributed by atoms with E-state index in [4.69, 9.17) is 4.74 Å². The number of hydrogen-bond donors (Lipinski definition) is 1. The third-order valence-electron chi connectivity index (χ3n) is 6.43. The predicted molar refractivity (Wildman–Crippen MR) is 121 cm³/mol. The molecule has 8 heteroatoms. The average Bonchev–Trinajstić information content (AvgIpc) is 2.74. The summed E-state index contributed by atoms with van der Waals surface area (Å²) in [6, 6.07) is 10.9. The second kappa shape index (κ2) is 10.0. The first-order valence-electron chi connectivity index (χ1n) is 11.1. The fraction of sp³-hybridized carbons (Fsp3) is 0.462. The van der Waals surface area contributed by atoms with E-state index in [9.17, 15) is 31.4 Å². The molecule has 34 heavy (non-hydrogen) atoms. The minimum Gasteiger partial charge on any atom is -0.494 e. The largest absolute Gasteiger partial charge is 0.494 e. The van der Waals surface area contributed by atoms with Crippen LogP contribution in [-0.4, -0.2) is 29.7 Å². The maximum Gasteiger partial charge on any atom is 0.430 e. The Morgan fingerprint density at radius 2 is 1.29 bits per heavy atom. The van der Waals surface area contributed by atoms with Gasteiger partial charge in [0.05, 0.1) is 6.61 Å². The van der Waals surface area contributed by atoms with Crippen molar-refractivity contribution in [3.8, 4) is 5.75 Å². The maximum atomic E-state index is 13.0. The van der Waals surface area contributed by atoms with Crippen LogP contribution in [0.5, 0.6) is 5.75 Å². The number of alkyl halides is 6. The summed E-state index contributed by atoms with van der Waals surface area (Å²) in [6.07, 6.45) is -9.92. The van der Waals surface area contributed by atoms with Crippen LogP contribution in [0.15, 0.2) is 42.5 Å². The molecule has 0 bridgehead atoms. The van der Waals surface area contributed by atoms with Crippen molar-refractivity contribution in [2.24, 2.45) is 0 Å². The van der Waals surface area contributed by atoms with Gasteiger partial charge < -0.3 is 9.84 Å². The molecule has 188 valence electrons. The van der Waals surface area contributed by atoms with Crippen molar-refractivity contribution in [1.29, 1.82) is 0 Å². The van der Waals surface area contributed by atoms with Gasteiger partial charge in [-0.25, -0.2) is 0 Å². The topological polar surface area (TPSA) is 29.5 Å². The Morgan fingerprint density at radius 3 is 1.71 bits per heavy atom. The lowest BCUT2D eigenvalue weighted by Gasteiger charge is -2.34. The summed E-state index contributed by atoms with van der Waals surface area (Å²) < 4.78 is 83.5. The Kier molecular flexibility index (Phi) is 8.18. The third kappa shape index (κ3) is 5.11. The number of aliphatic hydroxyl groups is 1. The van der Waals surface area contributed by atoms with Gasteiger partial charge in [-0.3, -0.25) is 0 Å². The minimum atomic E-state index is -5.90. The van der Waals surface area contributed by atoms with Crippen LogP contribution >= 0.6 is 0 Å². The van der Waals surface area contributed by atoms with Crippen LogP contribution in [0.3, 0.4) is 0 Å². The predicted octanol–water partition coefficient (Wildman–Crippen LogP) is 7.68. The molecule has 0 fully saturated rings. The molecule has 0 aliphatic carbocycles. The highest BCUT2D eigenvalue weighted by molar-refractivity contribution is 5.57. The molecule has 2 aromatic rings. The highest BCUT2D eigenvalue weighted by atomic mass is 19.4. The van der Waals surface area contributed by atoms with Crippen molar-refractivity contribution in [2.45, 2.75) is 70.8 Å². The fourth-order valence-electron chi connectivity index (χ4n) is 4.22. The molecule has 0 spiro atoms. The van der Waals surface area contributed by atoms with E-state index in [0.29, 0.717) is 18.2 Å². The number of halogens is 6. The highest BCUT2D eigenvalue weighted by Gasteiger charge is 2.68. The number of benzene rings is 2. The number of ether oxygens (including phenoxy) is 1. The van der Waals surface area contributed by atoms with E-state index < -0.39 is 23.4 Å². The van der Waals surface area contributed by atoms with Crippen LogP contribution in [-0.2, 0) is 5.41 Å². The van der Waals surface area contributed by atoms with Crippen LogP contribution < -0.4 is 4.74 Å². The van der Waals surface area contributed by atoms with Crippen LogP contribution in [0.25, 0.3) is 6.08 Å². The van der Waals surface area contributed by atoms with E-state index in [1.54, 1.807) is 19.1 Å². The zero-order valence-electron chi connectivity index (χ0n) is 19.9. The van der Waals surface area contributed by atoms with Gasteiger partial charge in [0.15, 0.2) is 0 Å². The van der Waals surface area contributed by atoms with Gasteiger partial charge in [-0.2, -0.15) is 26.3 Å². The molecule has 0 aromatic heterocycles. The number of hydrogen-bond acceptors (Lipinski definition) is 2. The Balaban J connectivity index is 2.53. The second-order valence-corrected chi connectivity index (χ2v) is 8.37. The molecule has 0 aliphatic rings. The van der Waals surface area contributed by atoms with Crippen molar-refractivity contribution >= 4 is 6.08 Å². The van der Waals surface area contributed by atoms with E-state index in [1.165, 1.54) is 6.07 Å². The summed E-state index contributed by atoms with van der Waals surface area (Å²) >= 11 is 0. The van der Waals surface area contributed by atoms with E-state index in [2.05, 4.69) is 0 Å². The van der Waals surface area contributed by atoms with E-state index in [1.807, 2.05) is 45.9 Å². The van der Waals surface area contributed by atoms with Gasteiger partial charge in [-0.05, 0) is 73.6 Å². The standard InChI is InChI=1S/C26H30F6O2/c1-6-23(7-2,21-11-12-22(34-8-3)18(5)16-21)20-10-9-19(17(4)15-20)13-14-24(33,25(27,28)29)26(30,31)32/h9-16,33H,6-8H2,1-5H3/b14-13+. The van der Waals surface area contributed by atoms with Crippen molar-refractivity contribution in [3.63, 3.8) is 0 Å². The average molecular weight is 489 g/mol. The molecule has 0 saturated carbocycles. The van der Waals surface area contributed by atoms with Gasteiger partial charge in [0, 0.05) is 5.41 Å². The molecule has 0 saturated heterocycles. The van der Waals surface area contributed by atoms with Gasteiger partial charge in [-0.15, -0.1) is 0 Å². The molecular weight excluding hydrogens is 458 g/mol. The first-order valence-corrected chi connectivity index (χ1v) is 11.1. The quantitative estimate of drug-likeness (QED) is 0.386. The van der Waals surface area contributed by atoms with Gasteiger partial charge in [-0.1, -0.05) is 50.3 Å². The van der Waals surface area contributed by atoms with E-state index in [0.717, 1.165) is 35.3 Å². The molecule has 0 heterocycles. The molecule has 2 aromatic carbocycles. The lowest BCUT2D eigenvalue weighted by Crippen LogP contribution is -2.55. The summed E-state index contributed by atoms with van der Waals surface area (Å²) in [7, 11) is 0. The molecule has 0 amide bonds. The molecule has 2 rings (SSSR count). The molecule has 0 atom stereocenters. The molecule has 0 radical (unpaired) electrons. The highest BCUT2D eigenvalue weighted by Crippen LogP contribution is 2.45. The molecule has 0 unspecified atom stereocenters. The SMILES string of the molecule is CCOc1ccc(C(CC)(CC)c2ccc(/C=C/C(O)(C(F)(F)F)C(F)(F)F)c(C)c2)cc1C. The molecular formula is C26H30F6O2. The van der Waals surface area contributed by atoms with E-state index in [-0.39, 0.29) is 11.6 Å². The summed E-state index contributed by atoms with van der Waals surface area (Å²) in [5, 5.41) is 9.38. The fourth-order valence-corrected chi connectivity index (χ4v) is 4.22. The Labute approximate surface area is 196 Å². The van der Waals surface area contributed by atoms with Crippen LogP contribution in [0.2, 0.25) is 0 Å². The maximum absolute atomic E-state index is 13.0. The molecule has 2 nitrogen and oxygen atoms in total. The van der Waals surface area contributed by atoms with Gasteiger partial charge in [0.1, 0.15) is 5.75 Å². The Hall–Kier alpha value is -2.48. The minimum absolute atomic E-state index is 0.152. The monoisotopic (exact) mass is 488 g/mol. The van der Waals surface area contributed by atoms with Crippen molar-refractivity contribution in [2.75, 3.05) is 6.61 Å². The summed E-state index contributed by atoms with van der Waals surface area (Å²) in [5.74, 6) is 0.783. The number of rotatable bonds is 8. The van der Waals surface area contributed by atoms with Gasteiger partial charge >= 0.3 is 12.4 Å². The molecule has 1 N–H and O–H groups in total. The van der Waals surface area contributed by atoms with Gasteiger partial charge in [0.25, 0.3) is 5.60 Å². The van der Waals surface area contributed by atoms with Crippen molar-refractivity contribution in [3.05, 3.63) is 70.3 Å². The zero-order chi connectivity index (χ0) is 25.9. The summed E-state index contributed by atoms with van der Waals surface area (Å²) in [4.78, 5) is 0. The van der Waals surface area contributed by atoms with Crippen molar-refractivity contribution in [1.82, 2.24) is 0 Å². The van der Waals surface area contributed by atoms with Gasteiger partial charge in [0.2, 0.25) is 0 Å². The normalized spacial score (nSPS) is 13.5. The summed E-state index contributed by atoms with van der Waals surface area (Å²) in [6.45, 7) is 10.1. The first-order chi connectivity index (χ1) is 15.7. The Bertz CT molecular complexity index is 1000. The lowest BCUT2D eigenvalue weighted by atomic mass is 9.70. The number of aryl methyl sites for hydroxylation is 2. The van der Waals surface area contributed by atoms with E-state index >= 15 is 0 Å². The zero-order valence-corrected chi connectivity index (χ0v) is 19.9. The third-order valence-corrected chi connectivity index (χ3v) is 6.43. The molecule has 0 aliphatic heterocycles. The van der Waals surface area contributed by atoms with Crippen LogP contribution in [0.1, 0.15) is 61.4 Å². The first kappa shape index (κ1) is 27.8. The van der Waals surface area contributed by atoms with Crippen LogP contribution in [0, 0.1) is 13.8 Å². The summed E-state index contributed by atoms with van der Waals surface area (Å²) in [5.41, 5.74) is -1.76. The van der Waals surface area contributed by atoms with Crippen LogP contribution in [0.4, 0.5) is 26.3 Å². The lowest BCUT2D eigenvalue weighted by molar-refractivity contribution is -0.347. The smallest absolute Gasteiger partial charge is 0.430 e. The van der Waals surface area contributed by atoms with Crippen molar-refractivity contribution < 1.29 is 36.2 Å².